The van der Waals surface area contributed by atoms with Crippen molar-refractivity contribution in [2.75, 3.05) is 6.54 Å². The van der Waals surface area contributed by atoms with Crippen molar-refractivity contribution in [1.82, 2.24) is 14.9 Å². The number of hydrogen-bond acceptors (Lipinski definition) is 4. The van der Waals surface area contributed by atoms with Crippen LogP contribution in [0.4, 0.5) is 8.78 Å². The van der Waals surface area contributed by atoms with Crippen LogP contribution in [0.5, 0.6) is 0 Å². The van der Waals surface area contributed by atoms with Gasteiger partial charge in [0.2, 0.25) is 0 Å². The molecule has 1 aliphatic heterocycles. The van der Waals surface area contributed by atoms with Crippen LogP contribution in [0.3, 0.4) is 0 Å². The monoisotopic (exact) mass is 378 g/mol. The summed E-state index contributed by atoms with van der Waals surface area (Å²) >= 11 is 0. The minimum absolute atomic E-state index is 0.0166. The van der Waals surface area contributed by atoms with Crippen molar-refractivity contribution in [3.63, 3.8) is 0 Å². The Hall–Kier alpha value is -3.37. The number of rotatable bonds is 3. The number of benzene rings is 2. The molecule has 0 saturated heterocycles. The molecule has 0 radical (unpaired) electrons. The second-order valence-corrected chi connectivity index (χ2v) is 6.70. The highest BCUT2D eigenvalue weighted by atomic mass is 19.1. The third-order valence-corrected chi connectivity index (χ3v) is 4.85. The van der Waals surface area contributed by atoms with Crippen LogP contribution in [0.1, 0.15) is 22.4 Å². The summed E-state index contributed by atoms with van der Waals surface area (Å²) in [5.74, 6) is -0.996. The molecule has 1 aliphatic rings. The number of nitrogens with one attached hydrogen (secondary N) is 1. The van der Waals surface area contributed by atoms with Gasteiger partial charge in [-0.25, -0.2) is 13.8 Å². The van der Waals surface area contributed by atoms with Crippen LogP contribution in [0.2, 0.25) is 0 Å². The van der Waals surface area contributed by atoms with Crippen molar-refractivity contribution in [2.45, 2.75) is 19.5 Å². The van der Waals surface area contributed by atoms with Crippen LogP contribution in [-0.4, -0.2) is 21.4 Å². The molecule has 2 heterocycles. The van der Waals surface area contributed by atoms with Gasteiger partial charge in [0, 0.05) is 37.2 Å². The number of nitrogens with zero attached hydrogens (tertiary/aromatic N) is 3. The lowest BCUT2D eigenvalue weighted by Gasteiger charge is -2.28. The van der Waals surface area contributed by atoms with E-state index < -0.39 is 11.6 Å². The van der Waals surface area contributed by atoms with Crippen molar-refractivity contribution in [3.8, 4) is 17.5 Å². The molecule has 0 unspecified atom stereocenters. The van der Waals surface area contributed by atoms with Gasteiger partial charge >= 0.3 is 0 Å². The third-order valence-electron chi connectivity index (χ3n) is 4.85. The molecule has 140 valence electrons. The number of hydrogen-bond donors (Lipinski definition) is 1. The van der Waals surface area contributed by atoms with Gasteiger partial charge in [-0.2, -0.15) is 5.26 Å². The minimum Gasteiger partial charge on any atom is -0.306 e. The first-order valence-corrected chi connectivity index (χ1v) is 8.83. The number of fused-ring (bicyclic) bond motifs is 1. The van der Waals surface area contributed by atoms with Crippen LogP contribution in [-0.2, 0) is 19.5 Å². The number of aromatic nitrogens is 2. The lowest BCUT2D eigenvalue weighted by Crippen LogP contribution is -2.35. The van der Waals surface area contributed by atoms with Gasteiger partial charge in [-0.1, -0.05) is 30.3 Å². The normalized spacial score (nSPS) is 13.8. The van der Waals surface area contributed by atoms with E-state index in [0.29, 0.717) is 30.0 Å². The molecule has 0 bridgehead atoms. The second kappa shape index (κ2) is 7.33. The summed E-state index contributed by atoms with van der Waals surface area (Å²) in [6.45, 7) is 0.797. The van der Waals surface area contributed by atoms with Crippen LogP contribution in [0.15, 0.2) is 47.3 Å². The Morgan fingerprint density at radius 1 is 1.18 bits per heavy atom. The first-order valence-electron chi connectivity index (χ1n) is 8.83. The van der Waals surface area contributed by atoms with Crippen molar-refractivity contribution in [2.24, 2.45) is 0 Å². The molecule has 4 rings (SSSR count). The molecule has 1 aromatic heterocycles. The summed E-state index contributed by atoms with van der Waals surface area (Å²) in [6, 6.07) is 13.2. The quantitative estimate of drug-likeness (QED) is 0.760. The largest absolute Gasteiger partial charge is 0.306 e. The molecule has 0 saturated carbocycles. The summed E-state index contributed by atoms with van der Waals surface area (Å²) in [5.41, 5.74) is 1.64. The van der Waals surface area contributed by atoms with Gasteiger partial charge in [0.05, 0.1) is 22.9 Å². The average molecular weight is 378 g/mol. The number of H-pyrrole nitrogens is 1. The summed E-state index contributed by atoms with van der Waals surface area (Å²) in [4.78, 5) is 21.7. The molecule has 5 nitrogen and oxygen atoms in total. The lowest BCUT2D eigenvalue weighted by molar-refractivity contribution is 0.235. The highest BCUT2D eigenvalue weighted by Gasteiger charge is 2.23. The Kier molecular flexibility index (Phi) is 4.72. The van der Waals surface area contributed by atoms with Crippen molar-refractivity contribution in [1.29, 1.82) is 5.26 Å². The van der Waals surface area contributed by atoms with E-state index in [2.05, 4.69) is 9.97 Å². The van der Waals surface area contributed by atoms with Crippen LogP contribution < -0.4 is 5.56 Å². The maximum absolute atomic E-state index is 14.2. The molecule has 7 heteroatoms. The zero-order chi connectivity index (χ0) is 19.7. The Morgan fingerprint density at radius 3 is 2.57 bits per heavy atom. The van der Waals surface area contributed by atoms with Gasteiger partial charge in [-0.15, -0.1) is 0 Å². The number of aromatic amines is 1. The van der Waals surface area contributed by atoms with E-state index >= 15 is 0 Å². The number of halogens is 2. The Labute approximate surface area is 159 Å². The van der Waals surface area contributed by atoms with Crippen LogP contribution in [0.25, 0.3) is 11.4 Å². The SMILES string of the molecule is N#Cc1cc(F)c(CN2CCc3nc(-c4ccccc4)[nH]c(=O)c3C2)c(F)c1. The average Bonchev–Trinajstić information content (AvgIpc) is 2.71. The van der Waals surface area contributed by atoms with Crippen molar-refractivity contribution < 1.29 is 8.78 Å². The predicted molar refractivity (Wildman–Crippen MR) is 99.2 cm³/mol. The van der Waals surface area contributed by atoms with Gasteiger partial charge < -0.3 is 4.98 Å². The Balaban J connectivity index is 1.60. The molecule has 1 N–H and O–H groups in total. The Bertz CT molecular complexity index is 1110. The smallest absolute Gasteiger partial charge is 0.255 e. The highest BCUT2D eigenvalue weighted by molar-refractivity contribution is 5.54. The van der Waals surface area contributed by atoms with Crippen LogP contribution in [0, 0.1) is 23.0 Å². The van der Waals surface area contributed by atoms with Crippen molar-refractivity contribution >= 4 is 0 Å². The van der Waals surface area contributed by atoms with Crippen LogP contribution >= 0.6 is 0 Å². The molecule has 0 spiro atoms. The van der Waals surface area contributed by atoms with E-state index in [9.17, 15) is 13.6 Å². The fourth-order valence-corrected chi connectivity index (χ4v) is 3.39. The molecule has 0 amide bonds. The number of nitriles is 1. The second-order valence-electron chi connectivity index (χ2n) is 6.70. The predicted octanol–water partition coefficient (Wildman–Crippen LogP) is 3.15. The topological polar surface area (TPSA) is 72.8 Å². The van der Waals surface area contributed by atoms with E-state index in [1.165, 1.54) is 0 Å². The molecule has 0 fully saturated rings. The minimum atomic E-state index is -0.756. The third kappa shape index (κ3) is 3.42. The first kappa shape index (κ1) is 18.0. The van der Waals surface area contributed by atoms with Crippen molar-refractivity contribution in [3.05, 3.63) is 86.8 Å². The van der Waals surface area contributed by atoms with Gasteiger partial charge in [-0.3, -0.25) is 9.69 Å². The fraction of sp³-hybridized carbons (Fsp3) is 0.190. The standard InChI is InChI=1S/C21H16F2N4O/c22-17-8-13(10-24)9-18(23)15(17)11-27-7-6-19-16(12-27)21(28)26-20(25-19)14-4-2-1-3-5-14/h1-5,8-9H,6-7,11-12H2,(H,25,26,28). The molecular formula is C21H16F2N4O. The molecule has 2 aromatic carbocycles. The maximum atomic E-state index is 14.2. The van der Waals surface area contributed by atoms with E-state index in [-0.39, 0.29) is 29.8 Å². The molecule has 0 aliphatic carbocycles. The van der Waals surface area contributed by atoms with Gasteiger partial charge in [-0.05, 0) is 12.1 Å². The Morgan fingerprint density at radius 2 is 1.89 bits per heavy atom. The van der Waals surface area contributed by atoms with Gasteiger partial charge in [0.15, 0.2) is 0 Å². The lowest BCUT2D eigenvalue weighted by atomic mass is 10.0. The van der Waals surface area contributed by atoms with E-state index in [1.807, 2.05) is 30.3 Å². The van der Waals surface area contributed by atoms with Gasteiger partial charge in [0.25, 0.3) is 5.56 Å². The van der Waals surface area contributed by atoms with E-state index in [0.717, 1.165) is 17.7 Å². The van der Waals surface area contributed by atoms with Gasteiger partial charge in [0.1, 0.15) is 17.5 Å². The molecule has 0 atom stereocenters. The van der Waals surface area contributed by atoms with E-state index in [1.54, 1.807) is 11.0 Å². The summed E-state index contributed by atoms with van der Waals surface area (Å²) in [5, 5.41) is 8.80. The van der Waals surface area contributed by atoms with E-state index in [4.69, 9.17) is 5.26 Å². The fourth-order valence-electron chi connectivity index (χ4n) is 3.39. The summed E-state index contributed by atoms with van der Waals surface area (Å²) in [7, 11) is 0. The molecule has 3 aromatic rings. The highest BCUT2D eigenvalue weighted by Crippen LogP contribution is 2.22. The first-order chi connectivity index (χ1) is 13.5. The maximum Gasteiger partial charge on any atom is 0.255 e. The summed E-state index contributed by atoms with van der Waals surface area (Å²) < 4.78 is 28.3. The molecule has 28 heavy (non-hydrogen) atoms. The zero-order valence-electron chi connectivity index (χ0n) is 14.9. The summed E-state index contributed by atoms with van der Waals surface area (Å²) in [6.07, 6.45) is 0.513. The zero-order valence-corrected chi connectivity index (χ0v) is 14.9. The molecular weight excluding hydrogens is 362 g/mol.